The summed E-state index contributed by atoms with van der Waals surface area (Å²) in [5.74, 6) is 0.645. The highest BCUT2D eigenvalue weighted by atomic mass is 16.6. The van der Waals surface area contributed by atoms with E-state index in [4.69, 9.17) is 14.2 Å². The van der Waals surface area contributed by atoms with Crippen molar-refractivity contribution < 1.29 is 28.9 Å². The molecule has 194 valence electrons. The Kier molecular flexibility index (Phi) is 9.06. The lowest BCUT2D eigenvalue weighted by Crippen LogP contribution is -2.52. The number of fused-ring (bicyclic) bond motifs is 1. The van der Waals surface area contributed by atoms with Crippen molar-refractivity contribution in [3.63, 3.8) is 0 Å². The third kappa shape index (κ3) is 6.49. The summed E-state index contributed by atoms with van der Waals surface area (Å²) in [7, 11) is 0. The molecule has 2 aliphatic rings. The second kappa shape index (κ2) is 12.6. The van der Waals surface area contributed by atoms with Crippen molar-refractivity contribution in [2.24, 2.45) is 0 Å². The number of aromatic hydroxyl groups is 1. The van der Waals surface area contributed by atoms with Crippen LogP contribution in [0.3, 0.4) is 0 Å². The summed E-state index contributed by atoms with van der Waals surface area (Å²) in [5, 5.41) is 13.0. The van der Waals surface area contributed by atoms with E-state index in [-0.39, 0.29) is 30.2 Å². The van der Waals surface area contributed by atoms with Gasteiger partial charge in [0.1, 0.15) is 18.4 Å². The van der Waals surface area contributed by atoms with Crippen molar-refractivity contribution in [2.75, 3.05) is 26.4 Å². The van der Waals surface area contributed by atoms with Crippen LogP contribution in [-0.4, -0.2) is 60.3 Å². The van der Waals surface area contributed by atoms with Gasteiger partial charge >= 0.3 is 0 Å². The number of carbonyl (C=O) groups is 2. The van der Waals surface area contributed by atoms with Gasteiger partial charge in [0.15, 0.2) is 11.5 Å². The van der Waals surface area contributed by atoms with Crippen LogP contribution in [0, 0.1) is 0 Å². The monoisotopic (exact) mass is 496 g/mol. The lowest BCUT2D eigenvalue weighted by molar-refractivity contribution is -0.149. The summed E-state index contributed by atoms with van der Waals surface area (Å²) in [5.41, 5.74) is 0.628. The molecule has 0 aromatic heterocycles. The highest BCUT2D eigenvalue weighted by molar-refractivity contribution is 5.91. The molecule has 0 bridgehead atoms. The fourth-order valence-electron chi connectivity index (χ4n) is 4.83. The molecule has 2 aromatic rings. The van der Waals surface area contributed by atoms with E-state index in [0.29, 0.717) is 43.2 Å². The molecule has 1 fully saturated rings. The van der Waals surface area contributed by atoms with Crippen LogP contribution in [-0.2, 0) is 14.3 Å². The van der Waals surface area contributed by atoms with E-state index < -0.39 is 12.1 Å². The molecule has 1 heterocycles. The Morgan fingerprint density at radius 3 is 2.53 bits per heavy atom. The average Bonchev–Trinajstić information content (AvgIpc) is 2.91. The first-order valence-corrected chi connectivity index (χ1v) is 12.9. The fourth-order valence-corrected chi connectivity index (χ4v) is 4.83. The smallest absolute Gasteiger partial charge is 0.268 e. The first-order chi connectivity index (χ1) is 17.6. The van der Waals surface area contributed by atoms with Gasteiger partial charge in [0.05, 0.1) is 0 Å². The summed E-state index contributed by atoms with van der Waals surface area (Å²) in [6, 6.07) is 12.9. The fraction of sp³-hybridized carbons (Fsp3) is 0.500. The molecule has 8 heteroatoms. The molecule has 2 atom stereocenters. The second-order valence-electron chi connectivity index (χ2n) is 9.28. The third-order valence-corrected chi connectivity index (χ3v) is 6.68. The van der Waals surface area contributed by atoms with Crippen LogP contribution in [0.4, 0.5) is 0 Å². The van der Waals surface area contributed by atoms with E-state index in [1.807, 2.05) is 19.1 Å². The van der Waals surface area contributed by atoms with Crippen LogP contribution in [0.2, 0.25) is 0 Å². The maximum absolute atomic E-state index is 13.9. The minimum absolute atomic E-state index is 0.0599. The molecule has 2 unspecified atom stereocenters. The summed E-state index contributed by atoms with van der Waals surface area (Å²) < 4.78 is 17.3. The van der Waals surface area contributed by atoms with Crippen molar-refractivity contribution in [3.8, 4) is 17.2 Å². The van der Waals surface area contributed by atoms with Gasteiger partial charge in [-0.1, -0.05) is 43.5 Å². The molecule has 2 N–H and O–H groups in total. The number of carbonyl (C=O) groups excluding carboxylic acids is 2. The van der Waals surface area contributed by atoms with Gasteiger partial charge in [-0.2, -0.15) is 0 Å². The predicted molar refractivity (Wildman–Crippen MR) is 135 cm³/mol. The van der Waals surface area contributed by atoms with E-state index in [1.165, 1.54) is 18.6 Å². The quantitative estimate of drug-likeness (QED) is 0.483. The minimum atomic E-state index is -0.880. The van der Waals surface area contributed by atoms with Crippen molar-refractivity contribution in [3.05, 3.63) is 54.1 Å². The van der Waals surface area contributed by atoms with Gasteiger partial charge < -0.3 is 29.5 Å². The Morgan fingerprint density at radius 2 is 1.81 bits per heavy atom. The molecule has 36 heavy (non-hydrogen) atoms. The summed E-state index contributed by atoms with van der Waals surface area (Å²) in [6.45, 7) is 3.34. The Bertz CT molecular complexity index is 1010. The molecule has 1 aliphatic heterocycles. The Hall–Kier alpha value is -3.26. The first-order valence-electron chi connectivity index (χ1n) is 12.9. The van der Waals surface area contributed by atoms with E-state index >= 15 is 0 Å². The summed E-state index contributed by atoms with van der Waals surface area (Å²) >= 11 is 0. The maximum atomic E-state index is 13.9. The average molecular weight is 497 g/mol. The molecule has 4 rings (SSSR count). The van der Waals surface area contributed by atoms with Crippen LogP contribution in [0.15, 0.2) is 48.5 Å². The minimum Gasteiger partial charge on any atom is -0.508 e. The molecule has 0 spiro atoms. The van der Waals surface area contributed by atoms with E-state index in [0.717, 1.165) is 25.7 Å². The van der Waals surface area contributed by atoms with E-state index in [1.54, 1.807) is 29.2 Å². The lowest BCUT2D eigenvalue weighted by Gasteiger charge is -2.36. The summed E-state index contributed by atoms with van der Waals surface area (Å²) in [4.78, 5) is 29.2. The van der Waals surface area contributed by atoms with Crippen LogP contribution in [0.25, 0.3) is 0 Å². The largest absolute Gasteiger partial charge is 0.508 e. The zero-order valence-electron chi connectivity index (χ0n) is 20.9. The van der Waals surface area contributed by atoms with Crippen LogP contribution in [0.1, 0.15) is 57.1 Å². The standard InChI is InChI=1S/C28H36N2O6/c1-2-34-18-8-17-30(28(33)25-19-35-23-11-6-7-12-24(23)36-25)26(20-13-15-22(31)16-14-20)27(32)29-21-9-4-3-5-10-21/h6-7,11-16,21,25-26,31H,2-5,8-10,17-19H2,1H3,(H,29,32). The maximum Gasteiger partial charge on any atom is 0.268 e. The van der Waals surface area contributed by atoms with Gasteiger partial charge in [-0.25, -0.2) is 0 Å². The number of amides is 2. The zero-order chi connectivity index (χ0) is 25.3. The van der Waals surface area contributed by atoms with E-state index in [2.05, 4.69) is 5.32 Å². The number of nitrogens with zero attached hydrogens (tertiary/aromatic N) is 1. The summed E-state index contributed by atoms with van der Waals surface area (Å²) in [6.07, 6.45) is 4.89. The van der Waals surface area contributed by atoms with Crippen molar-refractivity contribution in [1.29, 1.82) is 0 Å². The highest BCUT2D eigenvalue weighted by Crippen LogP contribution is 2.33. The molecule has 1 aliphatic carbocycles. The van der Waals surface area contributed by atoms with Crippen molar-refractivity contribution in [1.82, 2.24) is 10.2 Å². The van der Waals surface area contributed by atoms with Gasteiger partial charge in [0, 0.05) is 25.8 Å². The van der Waals surface area contributed by atoms with E-state index in [9.17, 15) is 14.7 Å². The van der Waals surface area contributed by atoms with Crippen molar-refractivity contribution >= 4 is 11.8 Å². The number of rotatable bonds is 10. The van der Waals surface area contributed by atoms with Crippen molar-refractivity contribution in [2.45, 2.75) is 63.6 Å². The normalized spacial score (nSPS) is 18.3. The van der Waals surface area contributed by atoms with Gasteiger partial charge in [-0.05, 0) is 56.0 Å². The van der Waals surface area contributed by atoms with Crippen LogP contribution < -0.4 is 14.8 Å². The molecule has 0 radical (unpaired) electrons. The zero-order valence-corrected chi connectivity index (χ0v) is 20.9. The Labute approximate surface area is 212 Å². The number of nitrogens with one attached hydrogen (secondary N) is 1. The van der Waals surface area contributed by atoms with Gasteiger partial charge in [-0.15, -0.1) is 0 Å². The SMILES string of the molecule is CCOCCCN(C(=O)C1COc2ccccc2O1)C(C(=O)NC1CCCCC1)c1ccc(O)cc1. The number of ether oxygens (including phenoxy) is 3. The number of para-hydroxylation sites is 2. The molecular formula is C28H36N2O6. The number of hydrogen-bond acceptors (Lipinski definition) is 6. The number of hydrogen-bond donors (Lipinski definition) is 2. The Morgan fingerprint density at radius 1 is 1.08 bits per heavy atom. The predicted octanol–water partition coefficient (Wildman–Crippen LogP) is 3.98. The number of phenols is 1. The Balaban J connectivity index is 1.61. The topological polar surface area (TPSA) is 97.3 Å². The van der Waals surface area contributed by atoms with Crippen LogP contribution >= 0.6 is 0 Å². The number of phenolic OH excluding ortho intramolecular Hbond substituents is 1. The first kappa shape index (κ1) is 25.8. The van der Waals surface area contributed by atoms with Gasteiger partial charge in [0.25, 0.3) is 5.91 Å². The van der Waals surface area contributed by atoms with Gasteiger partial charge in [-0.3, -0.25) is 9.59 Å². The lowest BCUT2D eigenvalue weighted by atomic mass is 9.94. The molecule has 2 amide bonds. The van der Waals surface area contributed by atoms with Crippen LogP contribution in [0.5, 0.6) is 17.2 Å². The number of benzene rings is 2. The molecule has 8 nitrogen and oxygen atoms in total. The molecule has 2 aromatic carbocycles. The molecule has 0 saturated heterocycles. The highest BCUT2D eigenvalue weighted by Gasteiger charge is 2.38. The second-order valence-corrected chi connectivity index (χ2v) is 9.28. The third-order valence-electron chi connectivity index (χ3n) is 6.68. The molecular weight excluding hydrogens is 460 g/mol. The molecule has 1 saturated carbocycles. The van der Waals surface area contributed by atoms with Gasteiger partial charge in [0.2, 0.25) is 12.0 Å².